The molecule has 1 aliphatic heterocycles. The molecule has 1 rings (SSSR count). The van der Waals surface area contributed by atoms with Crippen LogP contribution in [-0.2, 0) is 9.53 Å². The fourth-order valence-electron chi connectivity index (χ4n) is 2.96. The summed E-state index contributed by atoms with van der Waals surface area (Å²) < 4.78 is 5.73. The molecule has 0 aromatic heterocycles. The minimum atomic E-state index is -0.668. The van der Waals surface area contributed by atoms with Crippen molar-refractivity contribution in [3.05, 3.63) is 0 Å². The molecule has 132 valence electrons. The van der Waals surface area contributed by atoms with Gasteiger partial charge in [-0.1, -0.05) is 71.1 Å². The van der Waals surface area contributed by atoms with Gasteiger partial charge in [-0.05, 0) is 19.3 Å². The van der Waals surface area contributed by atoms with Crippen molar-refractivity contribution in [2.24, 2.45) is 0 Å². The van der Waals surface area contributed by atoms with Gasteiger partial charge >= 0.3 is 5.97 Å². The lowest BCUT2D eigenvalue weighted by atomic mass is 10.0. The second-order valence-electron chi connectivity index (χ2n) is 6.47. The van der Waals surface area contributed by atoms with Crippen LogP contribution < -0.4 is 0 Å². The number of carbonyl (C=O) groups is 1. The van der Waals surface area contributed by atoms with Crippen molar-refractivity contribution < 1.29 is 20.1 Å². The fraction of sp³-hybridized carbons (Fsp3) is 0.944. The van der Waals surface area contributed by atoms with E-state index in [-0.39, 0.29) is 5.48 Å². The second kappa shape index (κ2) is 14.0. The minimum absolute atomic E-state index is 0. The molecule has 0 amide bonds. The van der Waals surface area contributed by atoms with E-state index in [1.54, 1.807) is 0 Å². The van der Waals surface area contributed by atoms with E-state index in [4.69, 9.17) is 9.84 Å². The third kappa shape index (κ3) is 12.0. The Kier molecular flexibility index (Phi) is 13.6. The van der Waals surface area contributed by atoms with Crippen LogP contribution in [-0.4, -0.2) is 28.8 Å². The summed E-state index contributed by atoms with van der Waals surface area (Å²) in [7, 11) is 0. The van der Waals surface area contributed by atoms with Gasteiger partial charge in [0.05, 0.1) is 12.2 Å². The third-order valence-corrected chi connectivity index (χ3v) is 4.41. The van der Waals surface area contributed by atoms with E-state index in [1.165, 1.54) is 70.6 Å². The van der Waals surface area contributed by atoms with E-state index in [2.05, 4.69) is 6.92 Å². The van der Waals surface area contributed by atoms with Crippen molar-refractivity contribution >= 4 is 5.97 Å². The maximum Gasteiger partial charge on any atom is 0.303 e. The molecule has 0 bridgehead atoms. The molecule has 2 unspecified atom stereocenters. The van der Waals surface area contributed by atoms with Gasteiger partial charge in [0.15, 0.2) is 0 Å². The molecule has 1 saturated heterocycles. The number of carboxylic acids is 1. The predicted molar refractivity (Wildman–Crippen MR) is 90.2 cm³/mol. The first-order chi connectivity index (χ1) is 10.2. The largest absolute Gasteiger partial charge is 0.481 e. The van der Waals surface area contributed by atoms with Crippen LogP contribution in [0.4, 0.5) is 0 Å². The van der Waals surface area contributed by atoms with E-state index in [9.17, 15) is 4.79 Å². The summed E-state index contributed by atoms with van der Waals surface area (Å²) in [4.78, 5) is 10.4. The van der Waals surface area contributed by atoms with Gasteiger partial charge < -0.3 is 15.3 Å². The molecular formula is C18H36O4. The highest BCUT2D eigenvalue weighted by atomic mass is 16.6. The van der Waals surface area contributed by atoms with Gasteiger partial charge in [-0.3, -0.25) is 4.79 Å². The molecule has 0 spiro atoms. The van der Waals surface area contributed by atoms with Crippen molar-refractivity contribution in [1.82, 2.24) is 0 Å². The summed E-state index contributed by atoms with van der Waals surface area (Å²) in [5.74, 6) is -0.668. The number of rotatable bonds is 15. The molecular weight excluding hydrogens is 280 g/mol. The Bertz CT molecular complexity index is 268. The molecule has 1 heterocycles. The van der Waals surface area contributed by atoms with Gasteiger partial charge in [0, 0.05) is 6.42 Å². The van der Waals surface area contributed by atoms with Gasteiger partial charge in [-0.25, -0.2) is 0 Å². The predicted octanol–water partition coefficient (Wildman–Crippen LogP) is 4.50. The Labute approximate surface area is 135 Å². The first-order valence-electron chi connectivity index (χ1n) is 9.11. The Balaban J connectivity index is 0.00000441. The summed E-state index contributed by atoms with van der Waals surface area (Å²) in [6.45, 7) is 2.26. The highest BCUT2D eigenvalue weighted by Gasteiger charge is 2.36. The molecule has 2 atom stereocenters. The van der Waals surface area contributed by atoms with Crippen LogP contribution in [0.25, 0.3) is 0 Å². The van der Waals surface area contributed by atoms with Gasteiger partial charge in [0.1, 0.15) is 0 Å². The molecule has 0 aliphatic carbocycles. The smallest absolute Gasteiger partial charge is 0.303 e. The second-order valence-corrected chi connectivity index (χ2v) is 6.47. The number of carboxylic acid groups (broad SMARTS) is 1. The van der Waals surface area contributed by atoms with Gasteiger partial charge in [-0.2, -0.15) is 0 Å². The van der Waals surface area contributed by atoms with Crippen LogP contribution in [0.2, 0.25) is 0 Å². The third-order valence-electron chi connectivity index (χ3n) is 4.41. The lowest BCUT2D eigenvalue weighted by Crippen LogP contribution is -1.95. The molecule has 3 N–H and O–H groups in total. The van der Waals surface area contributed by atoms with Gasteiger partial charge in [0.25, 0.3) is 0 Å². The Morgan fingerprint density at radius 1 is 0.818 bits per heavy atom. The first kappa shape index (κ1) is 21.4. The van der Waals surface area contributed by atoms with Gasteiger partial charge in [0.2, 0.25) is 0 Å². The normalized spacial score (nSPS) is 19.7. The lowest BCUT2D eigenvalue weighted by molar-refractivity contribution is -0.137. The summed E-state index contributed by atoms with van der Waals surface area (Å²) in [6, 6.07) is 0. The van der Waals surface area contributed by atoms with Crippen LogP contribution in [0, 0.1) is 0 Å². The summed E-state index contributed by atoms with van der Waals surface area (Å²) in [6.07, 6.45) is 17.6. The van der Waals surface area contributed by atoms with Crippen molar-refractivity contribution in [2.45, 2.75) is 109 Å². The average Bonchev–Trinajstić information content (AvgIpc) is 3.20. The molecule has 4 nitrogen and oxygen atoms in total. The Morgan fingerprint density at radius 3 is 1.77 bits per heavy atom. The van der Waals surface area contributed by atoms with Crippen molar-refractivity contribution in [2.75, 3.05) is 0 Å². The Morgan fingerprint density at radius 2 is 1.27 bits per heavy atom. The zero-order valence-electron chi connectivity index (χ0n) is 14.3. The van der Waals surface area contributed by atoms with Crippen LogP contribution in [0.15, 0.2) is 0 Å². The van der Waals surface area contributed by atoms with E-state index >= 15 is 0 Å². The number of hydrogen-bond acceptors (Lipinski definition) is 2. The molecule has 1 aliphatic rings. The highest BCUT2D eigenvalue weighted by molar-refractivity contribution is 5.66. The van der Waals surface area contributed by atoms with E-state index < -0.39 is 5.97 Å². The van der Waals surface area contributed by atoms with Crippen molar-refractivity contribution in [3.63, 3.8) is 0 Å². The molecule has 0 aromatic rings. The van der Waals surface area contributed by atoms with Crippen LogP contribution >= 0.6 is 0 Å². The van der Waals surface area contributed by atoms with Crippen LogP contribution in [0.5, 0.6) is 0 Å². The quantitative estimate of drug-likeness (QED) is 0.357. The van der Waals surface area contributed by atoms with Crippen LogP contribution in [0.1, 0.15) is 96.8 Å². The topological polar surface area (TPSA) is 81.3 Å². The minimum Gasteiger partial charge on any atom is -0.481 e. The Hall–Kier alpha value is -0.610. The van der Waals surface area contributed by atoms with E-state index in [0.717, 1.165) is 12.8 Å². The van der Waals surface area contributed by atoms with Crippen molar-refractivity contribution in [3.8, 4) is 0 Å². The van der Waals surface area contributed by atoms with Crippen LogP contribution in [0.3, 0.4) is 0 Å². The number of hydrogen-bond donors (Lipinski definition) is 1. The maximum atomic E-state index is 10.4. The molecule has 22 heavy (non-hydrogen) atoms. The highest BCUT2D eigenvalue weighted by Crippen LogP contribution is 2.31. The van der Waals surface area contributed by atoms with E-state index in [1.807, 2.05) is 0 Å². The van der Waals surface area contributed by atoms with Gasteiger partial charge in [-0.15, -0.1) is 0 Å². The van der Waals surface area contributed by atoms with E-state index in [0.29, 0.717) is 18.6 Å². The average molecular weight is 316 g/mol. The van der Waals surface area contributed by atoms with Crippen molar-refractivity contribution in [1.29, 1.82) is 0 Å². The number of ether oxygens (including phenoxy) is 1. The number of unbranched alkanes of at least 4 members (excludes halogenated alkanes) is 9. The molecule has 4 heteroatoms. The summed E-state index contributed by atoms with van der Waals surface area (Å²) >= 11 is 0. The molecule has 1 fully saturated rings. The fourth-order valence-corrected chi connectivity index (χ4v) is 2.96. The SMILES string of the molecule is CCCCCCCCC1OC1CCCCCCCC(=O)O.O. The molecule has 0 radical (unpaired) electrons. The first-order valence-corrected chi connectivity index (χ1v) is 9.11. The zero-order chi connectivity index (χ0) is 15.3. The number of epoxide rings is 1. The molecule has 0 saturated carbocycles. The monoisotopic (exact) mass is 316 g/mol. The number of aliphatic carboxylic acids is 1. The summed E-state index contributed by atoms with van der Waals surface area (Å²) in [5, 5.41) is 8.54. The maximum absolute atomic E-state index is 10.4. The standard InChI is InChI=1S/C18H34O3.H2O/c1-2-3-4-5-7-10-13-16-17(21-16)14-11-8-6-9-12-15-18(19)20;/h16-17H,2-15H2,1H3,(H,19,20);1H2. The lowest BCUT2D eigenvalue weighted by Gasteiger charge is -2.00. The zero-order valence-corrected chi connectivity index (χ0v) is 14.3. The molecule has 0 aromatic carbocycles. The summed E-state index contributed by atoms with van der Waals surface area (Å²) in [5.41, 5.74) is 0.